The molecule has 0 radical (unpaired) electrons. The molecule has 6 heteroatoms. The highest BCUT2D eigenvalue weighted by atomic mass is 32.2. The molecule has 1 aromatic carbocycles. The topological polar surface area (TPSA) is 69.6 Å². The Bertz CT molecular complexity index is 522. The lowest BCUT2D eigenvalue weighted by atomic mass is 10.1. The van der Waals surface area contributed by atoms with E-state index in [1.54, 1.807) is 12.1 Å². The molecule has 20 heavy (non-hydrogen) atoms. The van der Waals surface area contributed by atoms with Gasteiger partial charge in [0.2, 0.25) is 10.0 Å². The highest BCUT2D eigenvalue weighted by molar-refractivity contribution is 7.89. The number of nitrogens with one attached hydrogen (secondary N) is 1. The number of hydrogen-bond acceptors (Lipinski definition) is 4. The fourth-order valence-corrected chi connectivity index (χ4v) is 3.51. The zero-order valence-electron chi connectivity index (χ0n) is 11.7. The molecule has 1 saturated carbocycles. The second-order valence-electron chi connectivity index (χ2n) is 5.06. The minimum absolute atomic E-state index is 0.104. The van der Waals surface area contributed by atoms with Gasteiger partial charge in [-0.2, -0.15) is 0 Å². The molecule has 0 spiro atoms. The Morgan fingerprint density at radius 3 is 2.35 bits per heavy atom. The van der Waals surface area contributed by atoms with Gasteiger partial charge in [0, 0.05) is 18.3 Å². The van der Waals surface area contributed by atoms with E-state index in [2.05, 4.69) is 9.62 Å². The Morgan fingerprint density at radius 2 is 1.85 bits per heavy atom. The number of rotatable bonds is 6. The van der Waals surface area contributed by atoms with Crippen molar-refractivity contribution >= 4 is 15.7 Å². The van der Waals surface area contributed by atoms with Crippen molar-refractivity contribution in [2.24, 2.45) is 0 Å². The zero-order chi connectivity index (χ0) is 14.6. The van der Waals surface area contributed by atoms with Crippen LogP contribution in [0.5, 0.6) is 0 Å². The lowest BCUT2D eigenvalue weighted by Crippen LogP contribution is -2.35. The first-order valence-corrected chi connectivity index (χ1v) is 8.48. The average molecular weight is 298 g/mol. The first-order valence-electron chi connectivity index (χ1n) is 6.99. The average Bonchev–Trinajstić information content (AvgIpc) is 2.99. The quantitative estimate of drug-likeness (QED) is 0.831. The maximum atomic E-state index is 11.7. The molecular formula is C14H22N2O3S. The van der Waals surface area contributed by atoms with Crippen LogP contribution in [0.1, 0.15) is 25.7 Å². The minimum atomic E-state index is -3.39. The highest BCUT2D eigenvalue weighted by Crippen LogP contribution is 2.28. The zero-order valence-corrected chi connectivity index (χ0v) is 12.6. The van der Waals surface area contributed by atoms with Gasteiger partial charge >= 0.3 is 0 Å². The summed E-state index contributed by atoms with van der Waals surface area (Å²) in [5.74, 6) is 0. The highest BCUT2D eigenvalue weighted by Gasteiger charge is 2.22. The standard InChI is InChI=1S/C14H22N2O3S/c1-15-20(18,19)14-8-6-13(7-9-14)16(10-11-17)12-4-2-3-5-12/h6-9,12,15,17H,2-5,10-11H2,1H3. The fourth-order valence-electron chi connectivity index (χ4n) is 2.78. The summed E-state index contributed by atoms with van der Waals surface area (Å²) in [6, 6.07) is 7.31. The van der Waals surface area contributed by atoms with Gasteiger partial charge < -0.3 is 10.0 Å². The van der Waals surface area contributed by atoms with Gasteiger partial charge in [-0.05, 0) is 44.2 Å². The Morgan fingerprint density at radius 1 is 1.25 bits per heavy atom. The molecule has 2 N–H and O–H groups in total. The van der Waals surface area contributed by atoms with Gasteiger partial charge in [0.1, 0.15) is 0 Å². The van der Waals surface area contributed by atoms with Crippen LogP contribution in [0.15, 0.2) is 29.2 Å². The summed E-state index contributed by atoms with van der Waals surface area (Å²) in [5, 5.41) is 9.23. The molecule has 0 aromatic heterocycles. The van der Waals surface area contributed by atoms with Crippen molar-refractivity contribution in [3.8, 4) is 0 Å². The third-order valence-corrected chi connectivity index (χ3v) is 5.28. The third-order valence-electron chi connectivity index (χ3n) is 3.85. The second-order valence-corrected chi connectivity index (χ2v) is 6.94. The molecule has 1 aliphatic rings. The number of sulfonamides is 1. The van der Waals surface area contributed by atoms with Crippen LogP contribution in [0.3, 0.4) is 0 Å². The van der Waals surface area contributed by atoms with Crippen LogP contribution >= 0.6 is 0 Å². The van der Waals surface area contributed by atoms with Crippen molar-refractivity contribution in [2.75, 3.05) is 25.1 Å². The molecule has 0 aliphatic heterocycles. The molecule has 0 amide bonds. The van der Waals surface area contributed by atoms with Crippen LogP contribution in [0.2, 0.25) is 0 Å². The molecule has 0 atom stereocenters. The molecule has 5 nitrogen and oxygen atoms in total. The number of nitrogens with zero attached hydrogens (tertiary/aromatic N) is 1. The minimum Gasteiger partial charge on any atom is -0.395 e. The predicted molar refractivity (Wildman–Crippen MR) is 79.4 cm³/mol. The van der Waals surface area contributed by atoms with Gasteiger partial charge in [-0.15, -0.1) is 0 Å². The molecule has 2 rings (SSSR count). The SMILES string of the molecule is CNS(=O)(=O)c1ccc(N(CCO)C2CCCC2)cc1. The van der Waals surface area contributed by atoms with Crippen molar-refractivity contribution < 1.29 is 13.5 Å². The molecule has 0 bridgehead atoms. The molecule has 0 heterocycles. The summed E-state index contributed by atoms with van der Waals surface area (Å²) < 4.78 is 25.7. The molecule has 112 valence electrons. The molecule has 1 aliphatic carbocycles. The van der Waals surface area contributed by atoms with E-state index in [9.17, 15) is 13.5 Å². The summed E-state index contributed by atoms with van der Waals surface area (Å²) >= 11 is 0. The second kappa shape index (κ2) is 6.56. The van der Waals surface area contributed by atoms with Crippen LogP contribution in [-0.4, -0.2) is 39.8 Å². The number of hydrogen-bond donors (Lipinski definition) is 2. The monoisotopic (exact) mass is 298 g/mol. The van der Waals surface area contributed by atoms with E-state index >= 15 is 0 Å². The first kappa shape index (κ1) is 15.3. The normalized spacial score (nSPS) is 16.5. The van der Waals surface area contributed by atoms with Crippen molar-refractivity contribution in [3.05, 3.63) is 24.3 Å². The summed E-state index contributed by atoms with van der Waals surface area (Å²) in [4.78, 5) is 2.45. The lowest BCUT2D eigenvalue weighted by molar-refractivity contribution is 0.297. The van der Waals surface area contributed by atoms with Crippen molar-refractivity contribution in [2.45, 2.75) is 36.6 Å². The fraction of sp³-hybridized carbons (Fsp3) is 0.571. The Hall–Kier alpha value is -1.11. The molecule has 0 saturated heterocycles. The largest absolute Gasteiger partial charge is 0.395 e. The van der Waals surface area contributed by atoms with Crippen LogP contribution in [0.4, 0.5) is 5.69 Å². The summed E-state index contributed by atoms with van der Waals surface area (Å²) in [7, 11) is -1.99. The molecule has 0 unspecified atom stereocenters. The molecule has 1 fully saturated rings. The Balaban J connectivity index is 2.21. The van der Waals surface area contributed by atoms with Crippen LogP contribution in [0, 0.1) is 0 Å². The van der Waals surface area contributed by atoms with Crippen molar-refractivity contribution in [3.63, 3.8) is 0 Å². The number of aliphatic hydroxyl groups is 1. The number of aliphatic hydroxyl groups excluding tert-OH is 1. The van der Waals surface area contributed by atoms with Gasteiger partial charge in [-0.3, -0.25) is 0 Å². The molecule has 1 aromatic rings. The summed E-state index contributed by atoms with van der Waals surface area (Å²) in [6.45, 7) is 0.690. The maximum absolute atomic E-state index is 11.7. The van der Waals surface area contributed by atoms with Gasteiger partial charge in [0.25, 0.3) is 0 Å². The Labute approximate surface area is 120 Å². The van der Waals surface area contributed by atoms with Gasteiger partial charge in [0.15, 0.2) is 0 Å². The van der Waals surface area contributed by atoms with E-state index in [1.807, 2.05) is 12.1 Å². The van der Waals surface area contributed by atoms with Crippen molar-refractivity contribution in [1.29, 1.82) is 0 Å². The number of anilines is 1. The predicted octanol–water partition coefficient (Wildman–Crippen LogP) is 1.34. The van der Waals surface area contributed by atoms with E-state index in [0.29, 0.717) is 12.6 Å². The summed E-state index contributed by atoms with van der Waals surface area (Å²) in [5.41, 5.74) is 0.973. The van der Waals surface area contributed by atoms with Crippen LogP contribution in [0.25, 0.3) is 0 Å². The van der Waals surface area contributed by atoms with Crippen LogP contribution in [-0.2, 0) is 10.0 Å². The third kappa shape index (κ3) is 3.31. The molecular weight excluding hydrogens is 276 g/mol. The smallest absolute Gasteiger partial charge is 0.240 e. The maximum Gasteiger partial charge on any atom is 0.240 e. The number of benzene rings is 1. The van der Waals surface area contributed by atoms with Crippen molar-refractivity contribution in [1.82, 2.24) is 4.72 Å². The van der Waals surface area contributed by atoms with E-state index in [4.69, 9.17) is 0 Å². The van der Waals surface area contributed by atoms with Gasteiger partial charge in [-0.25, -0.2) is 13.1 Å². The van der Waals surface area contributed by atoms with Gasteiger partial charge in [-0.1, -0.05) is 12.8 Å². The summed E-state index contributed by atoms with van der Waals surface area (Å²) in [6.07, 6.45) is 4.71. The van der Waals surface area contributed by atoms with E-state index in [-0.39, 0.29) is 11.5 Å². The van der Waals surface area contributed by atoms with Crippen LogP contribution < -0.4 is 9.62 Å². The lowest BCUT2D eigenvalue weighted by Gasteiger charge is -2.30. The van der Waals surface area contributed by atoms with Gasteiger partial charge in [0.05, 0.1) is 11.5 Å². The van der Waals surface area contributed by atoms with E-state index in [0.717, 1.165) is 18.5 Å². The first-order chi connectivity index (χ1) is 9.58. The Kier molecular flexibility index (Phi) is 5.01. The van der Waals surface area contributed by atoms with E-state index < -0.39 is 10.0 Å². The van der Waals surface area contributed by atoms with E-state index in [1.165, 1.54) is 19.9 Å².